The Morgan fingerprint density at radius 1 is 0.967 bits per heavy atom. The number of carbonyl (C=O) groups is 1. The third-order valence-electron chi connectivity index (χ3n) is 4.95. The van der Waals surface area contributed by atoms with E-state index in [0.717, 1.165) is 29.8 Å². The maximum atomic E-state index is 12.5. The van der Waals surface area contributed by atoms with Crippen LogP contribution < -0.4 is 5.32 Å². The van der Waals surface area contributed by atoms with Crippen molar-refractivity contribution in [2.45, 2.75) is 19.5 Å². The second-order valence-electron chi connectivity index (χ2n) is 6.89. The average Bonchev–Trinajstić information content (AvgIpc) is 3.14. The van der Waals surface area contributed by atoms with E-state index in [4.69, 9.17) is 0 Å². The third-order valence-corrected chi connectivity index (χ3v) is 4.95. The van der Waals surface area contributed by atoms with Crippen molar-refractivity contribution in [1.29, 1.82) is 0 Å². The van der Waals surface area contributed by atoms with Crippen LogP contribution in [0, 0.1) is 10.1 Å². The lowest BCUT2D eigenvalue weighted by molar-refractivity contribution is -0.384. The predicted octanol–water partition coefficient (Wildman–Crippen LogP) is 4.12. The highest BCUT2D eigenvalue weighted by molar-refractivity contribution is 5.94. The molecule has 0 aliphatic rings. The summed E-state index contributed by atoms with van der Waals surface area (Å²) in [5.41, 5.74) is 3.45. The summed E-state index contributed by atoms with van der Waals surface area (Å²) in [7, 11) is 0. The van der Waals surface area contributed by atoms with Crippen molar-refractivity contribution < 1.29 is 9.72 Å². The van der Waals surface area contributed by atoms with Gasteiger partial charge in [-0.15, -0.1) is 0 Å². The van der Waals surface area contributed by atoms with Gasteiger partial charge < -0.3 is 9.88 Å². The summed E-state index contributed by atoms with van der Waals surface area (Å²) in [6.07, 6.45) is 0.852. The van der Waals surface area contributed by atoms with Gasteiger partial charge in [-0.3, -0.25) is 14.9 Å². The molecule has 0 atom stereocenters. The van der Waals surface area contributed by atoms with Crippen LogP contribution in [0.5, 0.6) is 0 Å². The molecule has 4 aromatic rings. The molecule has 0 fully saturated rings. The van der Waals surface area contributed by atoms with Crippen LogP contribution >= 0.6 is 0 Å². The molecular weight excluding hydrogens is 380 g/mol. The predicted molar refractivity (Wildman–Crippen MR) is 114 cm³/mol. The summed E-state index contributed by atoms with van der Waals surface area (Å²) in [4.78, 5) is 27.5. The Kier molecular flexibility index (Phi) is 5.52. The summed E-state index contributed by atoms with van der Waals surface area (Å²) in [5, 5.41) is 13.6. The standard InChI is InChI=1S/C23H20N4O3/c28-23(18-10-12-19(13-11-18)27(29)30)24-16-22-25-20-8-4-5-9-21(20)26(22)15-14-17-6-2-1-3-7-17/h1-13H,14-16H2,(H,24,28). The molecule has 0 aliphatic carbocycles. The Bertz CT molecular complexity index is 1180. The first kappa shape index (κ1) is 19.3. The number of nitro benzene ring substituents is 1. The Labute approximate surface area is 173 Å². The largest absolute Gasteiger partial charge is 0.345 e. The highest BCUT2D eigenvalue weighted by atomic mass is 16.6. The molecule has 7 heteroatoms. The SMILES string of the molecule is O=C(NCc1nc2ccccc2n1CCc1ccccc1)c1ccc([N+](=O)[O-])cc1. The molecule has 0 unspecified atom stereocenters. The minimum absolute atomic E-state index is 0.0470. The first-order chi connectivity index (χ1) is 14.6. The highest BCUT2D eigenvalue weighted by Crippen LogP contribution is 2.18. The molecule has 1 heterocycles. The van der Waals surface area contributed by atoms with Gasteiger partial charge in [0.15, 0.2) is 0 Å². The zero-order valence-corrected chi connectivity index (χ0v) is 16.2. The smallest absolute Gasteiger partial charge is 0.269 e. The number of para-hydroxylation sites is 2. The van der Waals surface area contributed by atoms with Crippen LogP contribution in [0.4, 0.5) is 5.69 Å². The fourth-order valence-corrected chi connectivity index (χ4v) is 3.39. The molecule has 0 saturated carbocycles. The number of rotatable bonds is 7. The molecule has 30 heavy (non-hydrogen) atoms. The number of hydrogen-bond donors (Lipinski definition) is 1. The molecule has 0 bridgehead atoms. The summed E-state index contributed by atoms with van der Waals surface area (Å²) in [6.45, 7) is 1.01. The first-order valence-electron chi connectivity index (χ1n) is 9.62. The summed E-state index contributed by atoms with van der Waals surface area (Å²) in [5.74, 6) is 0.467. The number of nitro groups is 1. The van der Waals surface area contributed by atoms with Crippen LogP contribution in [0.25, 0.3) is 11.0 Å². The lowest BCUT2D eigenvalue weighted by Crippen LogP contribution is -2.25. The lowest BCUT2D eigenvalue weighted by atomic mass is 10.1. The van der Waals surface area contributed by atoms with E-state index in [-0.39, 0.29) is 18.1 Å². The Morgan fingerprint density at radius 3 is 2.40 bits per heavy atom. The van der Waals surface area contributed by atoms with Gasteiger partial charge >= 0.3 is 0 Å². The van der Waals surface area contributed by atoms with E-state index in [1.165, 1.54) is 29.8 Å². The number of amides is 1. The molecule has 0 radical (unpaired) electrons. The van der Waals surface area contributed by atoms with Gasteiger partial charge in [-0.1, -0.05) is 42.5 Å². The van der Waals surface area contributed by atoms with E-state index in [0.29, 0.717) is 5.56 Å². The quantitative estimate of drug-likeness (QED) is 0.373. The van der Waals surface area contributed by atoms with Gasteiger partial charge in [0, 0.05) is 24.2 Å². The second-order valence-corrected chi connectivity index (χ2v) is 6.89. The molecule has 0 aliphatic heterocycles. The number of imidazole rings is 1. The average molecular weight is 400 g/mol. The van der Waals surface area contributed by atoms with E-state index in [9.17, 15) is 14.9 Å². The van der Waals surface area contributed by atoms with Crippen molar-refractivity contribution >= 4 is 22.6 Å². The Hall–Kier alpha value is -4.00. The van der Waals surface area contributed by atoms with Crippen molar-refractivity contribution in [1.82, 2.24) is 14.9 Å². The van der Waals surface area contributed by atoms with Crippen molar-refractivity contribution in [3.63, 3.8) is 0 Å². The Morgan fingerprint density at radius 2 is 1.67 bits per heavy atom. The van der Waals surface area contributed by atoms with Crippen LogP contribution in [0.2, 0.25) is 0 Å². The maximum Gasteiger partial charge on any atom is 0.269 e. The maximum absolute atomic E-state index is 12.5. The number of benzene rings is 3. The number of non-ortho nitro benzene ring substituents is 1. The number of aromatic nitrogens is 2. The van der Waals surface area contributed by atoms with Gasteiger partial charge in [0.25, 0.3) is 11.6 Å². The molecule has 1 aromatic heterocycles. The van der Waals surface area contributed by atoms with Crippen molar-refractivity contribution in [2.24, 2.45) is 0 Å². The van der Waals surface area contributed by atoms with Gasteiger partial charge in [-0.05, 0) is 36.2 Å². The number of aryl methyl sites for hydroxylation is 2. The monoisotopic (exact) mass is 400 g/mol. The fraction of sp³-hybridized carbons (Fsp3) is 0.130. The van der Waals surface area contributed by atoms with Crippen LogP contribution in [-0.4, -0.2) is 20.4 Å². The van der Waals surface area contributed by atoms with Crippen LogP contribution in [0.3, 0.4) is 0 Å². The molecule has 4 rings (SSSR count). The first-order valence-corrected chi connectivity index (χ1v) is 9.62. The number of carbonyl (C=O) groups excluding carboxylic acids is 1. The molecule has 1 N–H and O–H groups in total. The van der Waals surface area contributed by atoms with Gasteiger partial charge in [-0.2, -0.15) is 0 Å². The minimum Gasteiger partial charge on any atom is -0.345 e. The molecular formula is C23H20N4O3. The van der Waals surface area contributed by atoms with E-state index in [2.05, 4.69) is 27.0 Å². The van der Waals surface area contributed by atoms with Gasteiger partial charge in [0.05, 0.1) is 22.5 Å². The summed E-state index contributed by atoms with van der Waals surface area (Å²) in [6, 6.07) is 23.7. The third kappa shape index (κ3) is 4.20. The lowest BCUT2D eigenvalue weighted by Gasteiger charge is -2.10. The number of nitrogens with zero attached hydrogens (tertiary/aromatic N) is 3. The number of hydrogen-bond acceptors (Lipinski definition) is 4. The zero-order chi connectivity index (χ0) is 20.9. The molecule has 150 valence electrons. The summed E-state index contributed by atoms with van der Waals surface area (Å²) < 4.78 is 2.12. The van der Waals surface area contributed by atoms with E-state index < -0.39 is 4.92 Å². The van der Waals surface area contributed by atoms with Gasteiger partial charge in [0.1, 0.15) is 5.82 Å². The zero-order valence-electron chi connectivity index (χ0n) is 16.2. The van der Waals surface area contributed by atoms with Crippen LogP contribution in [-0.2, 0) is 19.5 Å². The fourth-order valence-electron chi connectivity index (χ4n) is 3.39. The van der Waals surface area contributed by atoms with Gasteiger partial charge in [-0.25, -0.2) is 4.98 Å². The van der Waals surface area contributed by atoms with Crippen molar-refractivity contribution in [2.75, 3.05) is 0 Å². The summed E-state index contributed by atoms with van der Waals surface area (Å²) >= 11 is 0. The molecule has 0 spiro atoms. The normalized spacial score (nSPS) is 10.8. The molecule has 7 nitrogen and oxygen atoms in total. The van der Waals surface area contributed by atoms with Gasteiger partial charge in [0.2, 0.25) is 0 Å². The topological polar surface area (TPSA) is 90.1 Å². The van der Waals surface area contributed by atoms with Crippen molar-refractivity contribution in [3.8, 4) is 0 Å². The van der Waals surface area contributed by atoms with E-state index in [1.54, 1.807) is 0 Å². The van der Waals surface area contributed by atoms with Crippen molar-refractivity contribution in [3.05, 3.63) is 106 Å². The highest BCUT2D eigenvalue weighted by Gasteiger charge is 2.13. The number of fused-ring (bicyclic) bond motifs is 1. The molecule has 1 amide bonds. The van der Waals surface area contributed by atoms with E-state index >= 15 is 0 Å². The molecule has 3 aromatic carbocycles. The molecule has 0 saturated heterocycles. The minimum atomic E-state index is -0.489. The van der Waals surface area contributed by atoms with Crippen LogP contribution in [0.15, 0.2) is 78.9 Å². The van der Waals surface area contributed by atoms with Crippen LogP contribution in [0.1, 0.15) is 21.7 Å². The van der Waals surface area contributed by atoms with E-state index in [1.807, 2.05) is 42.5 Å². The number of nitrogens with one attached hydrogen (secondary N) is 1. The Balaban J connectivity index is 1.51. The second kappa shape index (κ2) is 8.57.